The molecule has 2 aromatic carbocycles. The maximum absolute atomic E-state index is 11.8. The van der Waals surface area contributed by atoms with Gasteiger partial charge in [-0.1, -0.05) is 24.3 Å². The molecule has 2 rings (SSSR count). The van der Waals surface area contributed by atoms with E-state index in [1.54, 1.807) is 36.4 Å². The third-order valence-corrected chi connectivity index (χ3v) is 2.75. The molecule has 0 fully saturated rings. The van der Waals surface area contributed by atoms with Crippen LogP contribution in [-0.4, -0.2) is 12.0 Å². The van der Waals surface area contributed by atoms with Crippen molar-refractivity contribution in [3.05, 3.63) is 54.1 Å². The second kappa shape index (κ2) is 6.56. The molecule has 5 nitrogen and oxygen atoms in total. The molecule has 0 radical (unpaired) electrons. The van der Waals surface area contributed by atoms with Crippen molar-refractivity contribution in [1.29, 1.82) is 0 Å². The predicted octanol–water partition coefficient (Wildman–Crippen LogP) is 3.56. The number of nitrogens with one attached hydrogen (secondary N) is 2. The van der Waals surface area contributed by atoms with Crippen LogP contribution in [0, 0.1) is 6.92 Å². The number of rotatable bonds is 3. The van der Waals surface area contributed by atoms with E-state index in [2.05, 4.69) is 10.6 Å². The van der Waals surface area contributed by atoms with E-state index in [1.807, 2.05) is 19.1 Å². The van der Waals surface area contributed by atoms with Crippen LogP contribution in [0.1, 0.15) is 12.5 Å². The van der Waals surface area contributed by atoms with E-state index >= 15 is 0 Å². The summed E-state index contributed by atoms with van der Waals surface area (Å²) in [5, 5.41) is 5.32. The lowest BCUT2D eigenvalue weighted by Crippen LogP contribution is -2.17. The number of ether oxygens (including phenoxy) is 1. The molecule has 0 saturated carbocycles. The first kappa shape index (κ1) is 14.6. The minimum atomic E-state index is -0.584. The van der Waals surface area contributed by atoms with Crippen molar-refractivity contribution in [3.8, 4) is 5.75 Å². The van der Waals surface area contributed by atoms with Gasteiger partial charge in [0.05, 0.1) is 0 Å². The fourth-order valence-electron chi connectivity index (χ4n) is 1.76. The molecule has 0 aliphatic heterocycles. The van der Waals surface area contributed by atoms with E-state index in [4.69, 9.17) is 4.74 Å². The first-order valence-electron chi connectivity index (χ1n) is 6.47. The van der Waals surface area contributed by atoms with Gasteiger partial charge in [0.25, 0.3) is 0 Å². The second-order valence-corrected chi connectivity index (χ2v) is 4.54. The van der Waals surface area contributed by atoms with Crippen molar-refractivity contribution in [2.24, 2.45) is 0 Å². The zero-order valence-electron chi connectivity index (χ0n) is 11.8. The number of hydrogen-bond donors (Lipinski definition) is 2. The van der Waals surface area contributed by atoms with Crippen LogP contribution >= 0.6 is 0 Å². The van der Waals surface area contributed by atoms with E-state index in [9.17, 15) is 9.59 Å². The van der Waals surface area contributed by atoms with Gasteiger partial charge in [0.15, 0.2) is 0 Å². The molecule has 0 aromatic heterocycles. The Morgan fingerprint density at radius 1 is 1.00 bits per heavy atom. The van der Waals surface area contributed by atoms with Gasteiger partial charge >= 0.3 is 6.09 Å². The molecule has 108 valence electrons. The maximum atomic E-state index is 11.8. The molecule has 0 bridgehead atoms. The SMILES string of the molecule is CC(=O)Nc1cc(NC(=O)Oc2ccccc2)ccc1C. The number of carbonyl (C=O) groups excluding carboxylic acids is 2. The lowest BCUT2D eigenvalue weighted by molar-refractivity contribution is -0.114. The van der Waals surface area contributed by atoms with E-state index in [1.165, 1.54) is 6.92 Å². The fourth-order valence-corrected chi connectivity index (χ4v) is 1.76. The highest BCUT2D eigenvalue weighted by Gasteiger charge is 2.07. The minimum Gasteiger partial charge on any atom is -0.410 e. The van der Waals surface area contributed by atoms with Crippen LogP contribution in [0.15, 0.2) is 48.5 Å². The summed E-state index contributed by atoms with van der Waals surface area (Å²) in [7, 11) is 0. The first-order valence-corrected chi connectivity index (χ1v) is 6.47. The Labute approximate surface area is 122 Å². The van der Waals surface area contributed by atoms with Gasteiger partial charge in [-0.25, -0.2) is 4.79 Å². The second-order valence-electron chi connectivity index (χ2n) is 4.54. The predicted molar refractivity (Wildman–Crippen MR) is 81.6 cm³/mol. The summed E-state index contributed by atoms with van der Waals surface area (Å²) in [6, 6.07) is 14.0. The zero-order valence-corrected chi connectivity index (χ0v) is 11.8. The Kier molecular flexibility index (Phi) is 4.56. The van der Waals surface area contributed by atoms with E-state index in [0.717, 1.165) is 5.56 Å². The molecular formula is C16H16N2O3. The molecule has 2 N–H and O–H groups in total. The summed E-state index contributed by atoms with van der Waals surface area (Å²) < 4.78 is 5.13. The van der Waals surface area contributed by atoms with Gasteiger partial charge in [-0.05, 0) is 36.8 Å². The molecule has 0 atom stereocenters. The van der Waals surface area contributed by atoms with Crippen LogP contribution in [0.25, 0.3) is 0 Å². The van der Waals surface area contributed by atoms with Gasteiger partial charge in [-0.15, -0.1) is 0 Å². The first-order chi connectivity index (χ1) is 10.0. The largest absolute Gasteiger partial charge is 0.417 e. The van der Waals surface area contributed by atoms with Gasteiger partial charge in [-0.2, -0.15) is 0 Å². The highest BCUT2D eigenvalue weighted by atomic mass is 16.6. The van der Waals surface area contributed by atoms with Crippen molar-refractivity contribution in [3.63, 3.8) is 0 Å². The molecule has 2 aromatic rings. The number of aryl methyl sites for hydroxylation is 1. The van der Waals surface area contributed by atoms with Crippen LogP contribution in [0.3, 0.4) is 0 Å². The van der Waals surface area contributed by atoms with Crippen LogP contribution < -0.4 is 15.4 Å². The third-order valence-electron chi connectivity index (χ3n) is 2.75. The normalized spacial score (nSPS) is 9.81. The Bertz CT molecular complexity index is 654. The summed E-state index contributed by atoms with van der Waals surface area (Å²) in [6.45, 7) is 3.31. The highest BCUT2D eigenvalue weighted by Crippen LogP contribution is 2.20. The molecule has 0 saturated heterocycles. The Morgan fingerprint density at radius 2 is 1.71 bits per heavy atom. The van der Waals surface area contributed by atoms with Gasteiger partial charge in [0.1, 0.15) is 5.75 Å². The van der Waals surface area contributed by atoms with Crippen molar-refractivity contribution >= 4 is 23.4 Å². The lowest BCUT2D eigenvalue weighted by atomic mass is 10.2. The molecule has 0 unspecified atom stereocenters. The molecule has 2 amide bonds. The summed E-state index contributed by atoms with van der Waals surface area (Å²) in [5.41, 5.74) is 2.11. The number of carbonyl (C=O) groups is 2. The van der Waals surface area contributed by atoms with Gasteiger partial charge < -0.3 is 10.1 Å². The smallest absolute Gasteiger partial charge is 0.410 e. The molecule has 21 heavy (non-hydrogen) atoms. The third kappa shape index (κ3) is 4.35. The van der Waals surface area contributed by atoms with Gasteiger partial charge in [0.2, 0.25) is 5.91 Å². The van der Waals surface area contributed by atoms with Gasteiger partial charge in [0, 0.05) is 18.3 Å². The average molecular weight is 284 g/mol. The fraction of sp³-hybridized carbons (Fsp3) is 0.125. The number of hydrogen-bond acceptors (Lipinski definition) is 3. The topological polar surface area (TPSA) is 67.4 Å². The molecule has 0 aliphatic rings. The van der Waals surface area contributed by atoms with Crippen molar-refractivity contribution in [2.75, 3.05) is 10.6 Å². The van der Waals surface area contributed by atoms with Crippen molar-refractivity contribution in [1.82, 2.24) is 0 Å². The Morgan fingerprint density at radius 3 is 2.38 bits per heavy atom. The van der Waals surface area contributed by atoms with Crippen LogP contribution in [0.5, 0.6) is 5.75 Å². The number of benzene rings is 2. The van der Waals surface area contributed by atoms with E-state index in [0.29, 0.717) is 17.1 Å². The monoisotopic (exact) mass is 284 g/mol. The summed E-state index contributed by atoms with van der Waals surface area (Å²) in [4.78, 5) is 22.9. The summed E-state index contributed by atoms with van der Waals surface area (Å²) in [6.07, 6.45) is -0.584. The summed E-state index contributed by atoms with van der Waals surface area (Å²) in [5.74, 6) is 0.298. The van der Waals surface area contributed by atoms with Gasteiger partial charge in [-0.3, -0.25) is 10.1 Å². The number of anilines is 2. The van der Waals surface area contributed by atoms with E-state index in [-0.39, 0.29) is 5.91 Å². The molecular weight excluding hydrogens is 268 g/mol. The number of amides is 2. The Hall–Kier alpha value is -2.82. The van der Waals surface area contributed by atoms with Crippen LogP contribution in [-0.2, 0) is 4.79 Å². The highest BCUT2D eigenvalue weighted by molar-refractivity contribution is 5.92. The molecule has 5 heteroatoms. The molecule has 0 spiro atoms. The quantitative estimate of drug-likeness (QED) is 0.905. The minimum absolute atomic E-state index is 0.165. The standard InChI is InChI=1S/C16H16N2O3/c1-11-8-9-13(10-15(11)17-12(2)19)18-16(20)21-14-6-4-3-5-7-14/h3-10H,1-2H3,(H,17,19)(H,18,20). The van der Waals surface area contributed by atoms with Crippen LogP contribution in [0.2, 0.25) is 0 Å². The average Bonchev–Trinajstić information content (AvgIpc) is 2.43. The Balaban J connectivity index is 2.05. The van der Waals surface area contributed by atoms with Crippen molar-refractivity contribution < 1.29 is 14.3 Å². The lowest BCUT2D eigenvalue weighted by Gasteiger charge is -2.10. The maximum Gasteiger partial charge on any atom is 0.417 e. The van der Waals surface area contributed by atoms with Crippen LogP contribution in [0.4, 0.5) is 16.2 Å². The summed E-state index contributed by atoms with van der Waals surface area (Å²) >= 11 is 0. The molecule has 0 heterocycles. The zero-order chi connectivity index (χ0) is 15.2. The van der Waals surface area contributed by atoms with E-state index < -0.39 is 6.09 Å². The van der Waals surface area contributed by atoms with Crippen molar-refractivity contribution in [2.45, 2.75) is 13.8 Å². The molecule has 0 aliphatic carbocycles. The number of para-hydroxylation sites is 1.